The van der Waals surface area contributed by atoms with Gasteiger partial charge in [0.15, 0.2) is 0 Å². The molecule has 0 fully saturated rings. The summed E-state index contributed by atoms with van der Waals surface area (Å²) in [5.74, 6) is 0.574. The maximum absolute atomic E-state index is 11.4. The van der Waals surface area contributed by atoms with Crippen molar-refractivity contribution in [2.45, 2.75) is 6.92 Å². The van der Waals surface area contributed by atoms with E-state index in [1.165, 1.54) is 0 Å². The SMILES string of the molecule is CCOc1ccc2nc(N)n[n+]([O-])c2c1. The smallest absolute Gasteiger partial charge is 0.288 e. The van der Waals surface area contributed by atoms with Crippen LogP contribution in [0.5, 0.6) is 5.75 Å². The van der Waals surface area contributed by atoms with Gasteiger partial charge >= 0.3 is 0 Å². The Kier molecular flexibility index (Phi) is 2.24. The molecule has 2 N–H and O–H groups in total. The van der Waals surface area contributed by atoms with Crippen LogP contribution in [0.2, 0.25) is 0 Å². The minimum absolute atomic E-state index is 0.0401. The Hall–Kier alpha value is -2.11. The molecule has 1 aromatic carbocycles. The number of hydrogen-bond acceptors (Lipinski definition) is 5. The molecule has 1 aromatic heterocycles. The van der Waals surface area contributed by atoms with Crippen molar-refractivity contribution in [2.75, 3.05) is 12.3 Å². The number of nitrogens with two attached hydrogens (primary N) is 1. The van der Waals surface area contributed by atoms with Crippen molar-refractivity contribution in [2.24, 2.45) is 0 Å². The molecule has 1 heterocycles. The molecule has 0 amide bonds. The summed E-state index contributed by atoms with van der Waals surface area (Å²) in [5.41, 5.74) is 6.19. The fraction of sp³-hybridized carbons (Fsp3) is 0.222. The highest BCUT2D eigenvalue weighted by atomic mass is 16.5. The molecule has 0 bridgehead atoms. The summed E-state index contributed by atoms with van der Waals surface area (Å²) in [6.07, 6.45) is 0. The molecule has 15 heavy (non-hydrogen) atoms. The van der Waals surface area contributed by atoms with Crippen LogP contribution in [0.3, 0.4) is 0 Å². The third-order valence-corrected chi connectivity index (χ3v) is 1.89. The molecule has 0 aliphatic carbocycles. The number of anilines is 1. The number of fused-ring (bicyclic) bond motifs is 1. The van der Waals surface area contributed by atoms with Gasteiger partial charge in [0.1, 0.15) is 11.3 Å². The molecule has 0 unspecified atom stereocenters. The van der Waals surface area contributed by atoms with E-state index in [0.717, 1.165) is 0 Å². The van der Waals surface area contributed by atoms with Crippen LogP contribution in [-0.4, -0.2) is 16.7 Å². The zero-order valence-corrected chi connectivity index (χ0v) is 8.17. The van der Waals surface area contributed by atoms with E-state index in [9.17, 15) is 5.21 Å². The second-order valence-electron chi connectivity index (χ2n) is 2.93. The lowest BCUT2D eigenvalue weighted by atomic mass is 10.3. The number of nitrogen functional groups attached to an aromatic ring is 1. The third-order valence-electron chi connectivity index (χ3n) is 1.89. The van der Waals surface area contributed by atoms with Gasteiger partial charge in [0, 0.05) is 0 Å². The largest absolute Gasteiger partial charge is 0.594 e. The van der Waals surface area contributed by atoms with Crippen LogP contribution < -0.4 is 15.3 Å². The van der Waals surface area contributed by atoms with Crippen molar-refractivity contribution in [3.63, 3.8) is 0 Å². The minimum atomic E-state index is -0.0401. The first-order chi connectivity index (χ1) is 7.20. The van der Waals surface area contributed by atoms with Crippen LogP contribution in [0.1, 0.15) is 6.92 Å². The Morgan fingerprint density at radius 3 is 3.07 bits per heavy atom. The molecule has 2 rings (SSSR count). The number of ether oxygens (including phenoxy) is 1. The maximum atomic E-state index is 11.4. The van der Waals surface area contributed by atoms with Crippen LogP contribution >= 0.6 is 0 Å². The van der Waals surface area contributed by atoms with Gasteiger partial charge < -0.3 is 15.7 Å². The predicted octanol–water partition coefficient (Wildman–Crippen LogP) is 0.244. The standard InChI is InChI=1S/C9H10N4O2/c1-2-15-6-3-4-7-8(5-6)13(14)12-9(10)11-7/h3-5H,2H2,1H3,(H2,10,11,12). The molecular weight excluding hydrogens is 196 g/mol. The summed E-state index contributed by atoms with van der Waals surface area (Å²) in [6.45, 7) is 2.41. The Morgan fingerprint density at radius 2 is 2.33 bits per heavy atom. The summed E-state index contributed by atoms with van der Waals surface area (Å²) in [6, 6.07) is 5.00. The molecule has 6 heteroatoms. The van der Waals surface area contributed by atoms with Crippen LogP contribution in [0.25, 0.3) is 11.0 Å². The van der Waals surface area contributed by atoms with Gasteiger partial charge in [-0.15, -0.1) is 0 Å². The van der Waals surface area contributed by atoms with Gasteiger partial charge in [0.2, 0.25) is 0 Å². The van der Waals surface area contributed by atoms with Gasteiger partial charge in [-0.1, -0.05) is 0 Å². The molecule has 0 aliphatic rings. The normalized spacial score (nSPS) is 10.5. The summed E-state index contributed by atoms with van der Waals surface area (Å²) >= 11 is 0. The van der Waals surface area contributed by atoms with Crippen LogP contribution in [0, 0.1) is 5.21 Å². The van der Waals surface area contributed by atoms with Gasteiger partial charge in [0.05, 0.1) is 17.8 Å². The molecular formula is C9H10N4O2. The van der Waals surface area contributed by atoms with Gasteiger partial charge in [-0.25, -0.2) is 4.98 Å². The van der Waals surface area contributed by atoms with E-state index in [1.54, 1.807) is 18.2 Å². The second-order valence-corrected chi connectivity index (χ2v) is 2.93. The topological polar surface area (TPSA) is 88.0 Å². The molecule has 0 aliphatic heterocycles. The lowest BCUT2D eigenvalue weighted by Crippen LogP contribution is -2.33. The van der Waals surface area contributed by atoms with Crippen molar-refractivity contribution >= 4 is 17.0 Å². The van der Waals surface area contributed by atoms with Crippen molar-refractivity contribution in [3.05, 3.63) is 23.4 Å². The highest BCUT2D eigenvalue weighted by molar-refractivity contribution is 5.73. The number of aromatic nitrogens is 3. The Balaban J connectivity index is 2.60. The summed E-state index contributed by atoms with van der Waals surface area (Å²) < 4.78 is 5.26. The second kappa shape index (κ2) is 3.56. The monoisotopic (exact) mass is 206 g/mol. The van der Waals surface area contributed by atoms with Crippen LogP contribution in [0.15, 0.2) is 18.2 Å². The molecule has 78 valence electrons. The Labute approximate surface area is 85.9 Å². The highest BCUT2D eigenvalue weighted by Gasteiger charge is 2.09. The van der Waals surface area contributed by atoms with Gasteiger partial charge in [-0.3, -0.25) is 0 Å². The van der Waals surface area contributed by atoms with Crippen molar-refractivity contribution in [1.29, 1.82) is 0 Å². The van der Waals surface area contributed by atoms with E-state index in [1.807, 2.05) is 6.92 Å². The molecule has 0 saturated carbocycles. The first-order valence-electron chi connectivity index (χ1n) is 4.50. The Morgan fingerprint density at radius 1 is 1.53 bits per heavy atom. The van der Waals surface area contributed by atoms with Gasteiger partial charge in [0.25, 0.3) is 11.5 Å². The third kappa shape index (κ3) is 1.74. The molecule has 6 nitrogen and oxygen atoms in total. The fourth-order valence-corrected chi connectivity index (χ4v) is 1.30. The minimum Gasteiger partial charge on any atom is -0.594 e. The van der Waals surface area contributed by atoms with Crippen molar-refractivity contribution in [3.8, 4) is 5.75 Å². The molecule has 0 spiro atoms. The van der Waals surface area contributed by atoms with Gasteiger partial charge in [-0.2, -0.15) is 0 Å². The van der Waals surface area contributed by atoms with E-state index in [0.29, 0.717) is 28.2 Å². The van der Waals surface area contributed by atoms with E-state index in [-0.39, 0.29) is 5.95 Å². The summed E-state index contributed by atoms with van der Waals surface area (Å²) in [7, 11) is 0. The first-order valence-corrected chi connectivity index (χ1v) is 4.50. The molecule has 0 atom stereocenters. The zero-order chi connectivity index (χ0) is 10.8. The fourth-order valence-electron chi connectivity index (χ4n) is 1.30. The first kappa shape index (κ1) is 9.45. The van der Waals surface area contributed by atoms with Gasteiger partial charge in [-0.05, 0) is 23.9 Å². The average molecular weight is 206 g/mol. The highest BCUT2D eigenvalue weighted by Crippen LogP contribution is 2.16. The zero-order valence-electron chi connectivity index (χ0n) is 8.17. The number of nitrogens with zero attached hydrogens (tertiary/aromatic N) is 3. The lowest BCUT2D eigenvalue weighted by Gasteiger charge is -2.03. The van der Waals surface area contributed by atoms with Crippen molar-refractivity contribution in [1.82, 2.24) is 10.1 Å². The quantitative estimate of drug-likeness (QED) is 0.561. The van der Waals surface area contributed by atoms with Crippen molar-refractivity contribution < 1.29 is 9.58 Å². The number of benzene rings is 1. The molecule has 0 saturated heterocycles. The van der Waals surface area contributed by atoms with E-state index < -0.39 is 0 Å². The summed E-state index contributed by atoms with van der Waals surface area (Å²) in [5, 5.41) is 14.9. The molecule has 2 aromatic rings. The van der Waals surface area contributed by atoms with Crippen LogP contribution in [-0.2, 0) is 0 Å². The Bertz CT molecular complexity index is 501. The van der Waals surface area contributed by atoms with Crippen LogP contribution in [0.4, 0.5) is 5.95 Å². The maximum Gasteiger partial charge on any atom is 0.288 e. The predicted molar refractivity (Wildman–Crippen MR) is 54.1 cm³/mol. The van der Waals surface area contributed by atoms with E-state index in [2.05, 4.69) is 10.1 Å². The van der Waals surface area contributed by atoms with E-state index >= 15 is 0 Å². The summed E-state index contributed by atoms with van der Waals surface area (Å²) in [4.78, 5) is 4.37. The average Bonchev–Trinajstić information content (AvgIpc) is 2.19. The molecule has 0 radical (unpaired) electrons. The number of rotatable bonds is 2. The number of hydrogen-bond donors (Lipinski definition) is 1. The lowest BCUT2D eigenvalue weighted by molar-refractivity contribution is -0.641. The van der Waals surface area contributed by atoms with E-state index in [4.69, 9.17) is 10.5 Å².